The van der Waals surface area contributed by atoms with Crippen LogP contribution in [-0.2, 0) is 0 Å². The molecule has 0 N–H and O–H groups in total. The van der Waals surface area contributed by atoms with Crippen LogP contribution in [0.4, 0.5) is 4.39 Å². The topological polar surface area (TPSA) is 0 Å². The Morgan fingerprint density at radius 3 is 2.46 bits per heavy atom. The van der Waals surface area contributed by atoms with Crippen molar-refractivity contribution in [2.75, 3.05) is 0 Å². The zero-order valence-electron chi connectivity index (χ0n) is 6.52. The Labute approximate surface area is 88.4 Å². The summed E-state index contributed by atoms with van der Waals surface area (Å²) >= 11 is 9.02. The van der Waals surface area contributed by atoms with Crippen molar-refractivity contribution in [1.82, 2.24) is 0 Å². The fourth-order valence-electron chi connectivity index (χ4n) is 1.26. The van der Waals surface area contributed by atoms with Crippen molar-refractivity contribution >= 4 is 38.3 Å². The van der Waals surface area contributed by atoms with Gasteiger partial charge in [-0.2, -0.15) is 0 Å². The Morgan fingerprint density at radius 2 is 1.77 bits per heavy atom. The molecule has 0 atom stereocenters. The first kappa shape index (κ1) is 8.97. The van der Waals surface area contributed by atoms with Gasteiger partial charge in [-0.1, -0.05) is 51.8 Å². The molecular formula is C10H5BrClF. The number of benzene rings is 2. The van der Waals surface area contributed by atoms with Crippen LogP contribution in [0.15, 0.2) is 34.8 Å². The molecule has 0 spiro atoms. The molecule has 0 heterocycles. The first-order valence-electron chi connectivity index (χ1n) is 3.72. The van der Waals surface area contributed by atoms with Crippen molar-refractivity contribution in [2.45, 2.75) is 0 Å². The number of rotatable bonds is 0. The second-order valence-corrected chi connectivity index (χ2v) is 3.96. The Hall–Kier alpha value is -0.600. The smallest absolute Gasteiger partial charge is 0.149 e. The molecule has 0 saturated heterocycles. The van der Waals surface area contributed by atoms with Crippen LogP contribution in [0, 0.1) is 5.82 Å². The van der Waals surface area contributed by atoms with Gasteiger partial charge in [0, 0.05) is 9.86 Å². The summed E-state index contributed by atoms with van der Waals surface area (Å²) in [4.78, 5) is 0. The lowest BCUT2D eigenvalue weighted by Crippen LogP contribution is -1.82. The highest BCUT2D eigenvalue weighted by Gasteiger charge is 2.07. The molecule has 2 aromatic rings. The molecule has 0 aromatic heterocycles. The summed E-state index contributed by atoms with van der Waals surface area (Å²) in [5, 5.41) is 1.52. The van der Waals surface area contributed by atoms with Gasteiger partial charge < -0.3 is 0 Å². The zero-order valence-corrected chi connectivity index (χ0v) is 8.86. The summed E-state index contributed by atoms with van der Waals surface area (Å²) in [5.41, 5.74) is 0. The van der Waals surface area contributed by atoms with Gasteiger partial charge in [0.1, 0.15) is 5.82 Å². The van der Waals surface area contributed by atoms with Gasteiger partial charge in [-0.3, -0.25) is 0 Å². The van der Waals surface area contributed by atoms with Crippen molar-refractivity contribution in [2.24, 2.45) is 0 Å². The van der Waals surface area contributed by atoms with Gasteiger partial charge in [0.05, 0.1) is 5.02 Å². The number of hydrogen-bond donors (Lipinski definition) is 0. The van der Waals surface area contributed by atoms with E-state index in [0.717, 1.165) is 9.86 Å². The minimum absolute atomic E-state index is 0.144. The Kier molecular flexibility index (Phi) is 2.26. The van der Waals surface area contributed by atoms with Crippen molar-refractivity contribution in [3.8, 4) is 0 Å². The van der Waals surface area contributed by atoms with E-state index < -0.39 is 0 Å². The van der Waals surface area contributed by atoms with Crippen LogP contribution in [0.1, 0.15) is 0 Å². The fraction of sp³-hybridized carbons (Fsp3) is 0. The van der Waals surface area contributed by atoms with E-state index in [9.17, 15) is 4.39 Å². The highest BCUT2D eigenvalue weighted by molar-refractivity contribution is 9.10. The third-order valence-electron chi connectivity index (χ3n) is 1.88. The largest absolute Gasteiger partial charge is 0.205 e. The van der Waals surface area contributed by atoms with Crippen LogP contribution >= 0.6 is 27.5 Å². The molecule has 0 bridgehead atoms. The second kappa shape index (κ2) is 3.28. The second-order valence-electron chi connectivity index (χ2n) is 2.70. The normalized spacial score (nSPS) is 10.7. The number of fused-ring (bicyclic) bond motifs is 1. The molecule has 0 unspecified atom stereocenters. The summed E-state index contributed by atoms with van der Waals surface area (Å²) in [7, 11) is 0. The zero-order chi connectivity index (χ0) is 9.42. The third-order valence-corrected chi connectivity index (χ3v) is 2.82. The van der Waals surface area contributed by atoms with E-state index in [2.05, 4.69) is 15.9 Å². The van der Waals surface area contributed by atoms with Gasteiger partial charge in [-0.15, -0.1) is 0 Å². The van der Waals surface area contributed by atoms with E-state index in [1.165, 1.54) is 0 Å². The molecule has 0 aliphatic carbocycles. The molecule has 13 heavy (non-hydrogen) atoms. The molecule has 2 aromatic carbocycles. The molecule has 66 valence electrons. The molecular weight excluding hydrogens is 254 g/mol. The lowest BCUT2D eigenvalue weighted by molar-refractivity contribution is 0.640. The SMILES string of the molecule is Fc1c(Cl)cc(Br)c2ccccc12. The van der Waals surface area contributed by atoms with Crippen molar-refractivity contribution in [3.05, 3.63) is 45.6 Å². The van der Waals surface area contributed by atoms with Crippen LogP contribution in [0.5, 0.6) is 0 Å². The minimum atomic E-state index is -0.361. The van der Waals surface area contributed by atoms with Gasteiger partial charge in [-0.05, 0) is 11.5 Å². The quantitative estimate of drug-likeness (QED) is 0.615. The highest BCUT2D eigenvalue weighted by Crippen LogP contribution is 2.31. The third kappa shape index (κ3) is 1.45. The molecule has 0 aliphatic rings. The van der Waals surface area contributed by atoms with E-state index in [1.807, 2.05) is 12.1 Å². The maximum atomic E-state index is 13.4. The van der Waals surface area contributed by atoms with Crippen LogP contribution in [0.3, 0.4) is 0 Å². The van der Waals surface area contributed by atoms with Crippen LogP contribution in [0.25, 0.3) is 10.8 Å². The van der Waals surface area contributed by atoms with Crippen molar-refractivity contribution in [1.29, 1.82) is 0 Å². The molecule has 0 aliphatic heterocycles. The van der Waals surface area contributed by atoms with E-state index in [-0.39, 0.29) is 10.8 Å². The minimum Gasteiger partial charge on any atom is -0.205 e. The lowest BCUT2D eigenvalue weighted by Gasteiger charge is -2.03. The molecule has 0 nitrogen and oxygen atoms in total. The molecule has 0 radical (unpaired) electrons. The van der Waals surface area contributed by atoms with Gasteiger partial charge in [-0.25, -0.2) is 4.39 Å². The Bertz CT molecular complexity index is 468. The van der Waals surface area contributed by atoms with Gasteiger partial charge in [0.15, 0.2) is 0 Å². The van der Waals surface area contributed by atoms with Crippen LogP contribution in [0.2, 0.25) is 5.02 Å². The summed E-state index contributed by atoms with van der Waals surface area (Å²) in [6.07, 6.45) is 0. The Balaban J connectivity index is 2.97. The van der Waals surface area contributed by atoms with Crippen LogP contribution in [-0.4, -0.2) is 0 Å². The maximum Gasteiger partial charge on any atom is 0.149 e. The summed E-state index contributed by atoms with van der Waals surface area (Å²) in [6, 6.07) is 8.77. The van der Waals surface area contributed by atoms with Gasteiger partial charge in [0.2, 0.25) is 0 Å². The predicted octanol–water partition coefficient (Wildman–Crippen LogP) is 4.39. The summed E-state index contributed by atoms with van der Waals surface area (Å²) in [6.45, 7) is 0. The van der Waals surface area contributed by atoms with E-state index in [0.29, 0.717) is 5.39 Å². The average molecular weight is 260 g/mol. The summed E-state index contributed by atoms with van der Waals surface area (Å²) in [5.74, 6) is -0.361. The molecule has 0 saturated carbocycles. The lowest BCUT2D eigenvalue weighted by atomic mass is 10.1. The standard InChI is InChI=1S/C10H5BrClF/c11-8-5-9(12)10(13)7-4-2-1-3-6(7)8/h1-5H. The van der Waals surface area contributed by atoms with Gasteiger partial charge >= 0.3 is 0 Å². The highest BCUT2D eigenvalue weighted by atomic mass is 79.9. The summed E-state index contributed by atoms with van der Waals surface area (Å²) < 4.78 is 14.2. The van der Waals surface area contributed by atoms with E-state index >= 15 is 0 Å². The monoisotopic (exact) mass is 258 g/mol. The van der Waals surface area contributed by atoms with Crippen LogP contribution < -0.4 is 0 Å². The molecule has 2 rings (SSSR count). The predicted molar refractivity (Wildman–Crippen MR) is 56.6 cm³/mol. The van der Waals surface area contributed by atoms with Crippen molar-refractivity contribution in [3.63, 3.8) is 0 Å². The fourth-order valence-corrected chi connectivity index (χ4v) is 2.18. The first-order valence-corrected chi connectivity index (χ1v) is 4.89. The molecule has 0 amide bonds. The Morgan fingerprint density at radius 1 is 1.15 bits per heavy atom. The van der Waals surface area contributed by atoms with Gasteiger partial charge in [0.25, 0.3) is 0 Å². The van der Waals surface area contributed by atoms with E-state index in [4.69, 9.17) is 11.6 Å². The molecule has 3 heteroatoms. The maximum absolute atomic E-state index is 13.4. The number of hydrogen-bond acceptors (Lipinski definition) is 0. The molecule has 0 fully saturated rings. The van der Waals surface area contributed by atoms with Crippen molar-refractivity contribution < 1.29 is 4.39 Å². The average Bonchev–Trinajstić information content (AvgIpc) is 2.15. The number of halogens is 3. The first-order chi connectivity index (χ1) is 6.20. The van der Waals surface area contributed by atoms with E-state index in [1.54, 1.807) is 18.2 Å².